The van der Waals surface area contributed by atoms with Crippen LogP contribution in [0.5, 0.6) is 0 Å². The first-order valence-corrected chi connectivity index (χ1v) is 9.99. The van der Waals surface area contributed by atoms with Gasteiger partial charge >= 0.3 is 5.97 Å². The summed E-state index contributed by atoms with van der Waals surface area (Å²) in [6, 6.07) is 9.15. The number of carbonyl (C=O) groups is 2. The van der Waals surface area contributed by atoms with E-state index in [1.54, 1.807) is 13.0 Å². The lowest BCUT2D eigenvalue weighted by atomic mass is 10.0. The highest BCUT2D eigenvalue weighted by molar-refractivity contribution is 8.26. The number of aromatic carboxylic acids is 1. The average molecular weight is 413 g/mol. The smallest absolute Gasteiger partial charge is 0.336 e. The minimum Gasteiger partial charge on any atom is -0.478 e. The number of carboxylic acid groups (broad SMARTS) is 1. The van der Waals surface area contributed by atoms with E-state index in [0.29, 0.717) is 25.8 Å². The SMILES string of the molecule is Cc1cc(C(=O)O)c2cc(-c3csc(C=C4SC(=S)NC4=O)c3)ccc2n1. The number of nitrogens with one attached hydrogen (secondary N) is 1. The zero-order chi connectivity index (χ0) is 19.1. The van der Waals surface area contributed by atoms with Crippen molar-refractivity contribution in [2.24, 2.45) is 0 Å². The molecule has 1 aromatic carbocycles. The van der Waals surface area contributed by atoms with Gasteiger partial charge in [0.15, 0.2) is 0 Å². The molecule has 1 amide bonds. The molecule has 0 bridgehead atoms. The van der Waals surface area contributed by atoms with Crippen molar-refractivity contribution in [2.45, 2.75) is 6.92 Å². The lowest BCUT2D eigenvalue weighted by Crippen LogP contribution is -2.17. The summed E-state index contributed by atoms with van der Waals surface area (Å²) < 4.78 is 0.460. The first-order chi connectivity index (χ1) is 12.9. The standard InChI is InChI=1S/C19H12N2O3S3/c1-9-4-14(18(23)24)13-6-10(2-3-15(13)20-9)11-5-12(26-8-11)7-16-17(22)21-19(25)27-16/h2-8H,1H3,(H,23,24)(H,21,22,25). The molecule has 1 aliphatic rings. The van der Waals surface area contributed by atoms with Gasteiger partial charge in [-0.15, -0.1) is 11.3 Å². The molecule has 0 atom stereocenters. The van der Waals surface area contributed by atoms with Gasteiger partial charge in [0, 0.05) is 16.0 Å². The second kappa shape index (κ2) is 6.88. The average Bonchev–Trinajstić information content (AvgIpc) is 3.20. The van der Waals surface area contributed by atoms with E-state index in [1.807, 2.05) is 35.7 Å². The third kappa shape index (κ3) is 3.51. The van der Waals surface area contributed by atoms with E-state index in [0.717, 1.165) is 16.0 Å². The predicted molar refractivity (Wildman–Crippen MR) is 113 cm³/mol. The van der Waals surface area contributed by atoms with Crippen LogP contribution in [-0.2, 0) is 4.79 Å². The lowest BCUT2D eigenvalue weighted by Gasteiger charge is -2.06. The molecule has 0 radical (unpaired) electrons. The molecule has 1 fully saturated rings. The number of nitrogens with zero attached hydrogens (tertiary/aromatic N) is 1. The van der Waals surface area contributed by atoms with Crippen LogP contribution in [0.15, 0.2) is 40.6 Å². The number of aromatic nitrogens is 1. The van der Waals surface area contributed by atoms with Crippen LogP contribution in [0, 0.1) is 6.92 Å². The Morgan fingerprint density at radius 1 is 1.26 bits per heavy atom. The molecule has 1 aliphatic heterocycles. The van der Waals surface area contributed by atoms with E-state index in [2.05, 4.69) is 10.3 Å². The normalized spacial score (nSPS) is 15.5. The van der Waals surface area contributed by atoms with Gasteiger partial charge in [0.2, 0.25) is 0 Å². The molecule has 134 valence electrons. The number of hydrogen-bond donors (Lipinski definition) is 2. The van der Waals surface area contributed by atoms with E-state index in [4.69, 9.17) is 12.2 Å². The molecule has 0 aliphatic carbocycles. The second-order valence-electron chi connectivity index (χ2n) is 5.94. The molecule has 3 heterocycles. The Balaban J connectivity index is 1.74. The zero-order valence-corrected chi connectivity index (χ0v) is 16.4. The van der Waals surface area contributed by atoms with Gasteiger partial charge in [-0.2, -0.15) is 0 Å². The van der Waals surface area contributed by atoms with Crippen molar-refractivity contribution in [1.29, 1.82) is 0 Å². The molecule has 27 heavy (non-hydrogen) atoms. The molecular formula is C19H12N2O3S3. The lowest BCUT2D eigenvalue weighted by molar-refractivity contribution is -0.115. The number of thiocarbonyl (C=S) groups is 1. The van der Waals surface area contributed by atoms with E-state index in [9.17, 15) is 14.7 Å². The van der Waals surface area contributed by atoms with Crippen molar-refractivity contribution in [2.75, 3.05) is 0 Å². The number of carboxylic acids is 1. The maximum absolute atomic E-state index is 11.8. The summed E-state index contributed by atoms with van der Waals surface area (Å²) in [5.74, 6) is -1.16. The highest BCUT2D eigenvalue weighted by atomic mass is 32.2. The summed E-state index contributed by atoms with van der Waals surface area (Å²) in [6.07, 6.45) is 1.81. The molecule has 0 saturated carbocycles. The van der Waals surface area contributed by atoms with Crippen LogP contribution in [0.1, 0.15) is 20.9 Å². The molecule has 8 heteroatoms. The summed E-state index contributed by atoms with van der Waals surface area (Å²) in [6.45, 7) is 1.78. The number of thiophene rings is 1. The van der Waals surface area contributed by atoms with Gasteiger partial charge in [0.1, 0.15) is 4.32 Å². The van der Waals surface area contributed by atoms with Crippen LogP contribution in [0.2, 0.25) is 0 Å². The first-order valence-electron chi connectivity index (χ1n) is 7.89. The van der Waals surface area contributed by atoms with Gasteiger partial charge in [-0.3, -0.25) is 9.78 Å². The molecule has 3 aromatic rings. The first kappa shape index (κ1) is 17.8. The number of hydrogen-bond acceptors (Lipinski definition) is 6. The Labute approximate surface area is 168 Å². The summed E-state index contributed by atoms with van der Waals surface area (Å²) in [4.78, 5) is 29.3. The molecule has 2 aromatic heterocycles. The van der Waals surface area contributed by atoms with E-state index < -0.39 is 5.97 Å². The number of fused-ring (bicyclic) bond motifs is 1. The number of amides is 1. The quantitative estimate of drug-likeness (QED) is 0.488. The molecule has 0 unspecified atom stereocenters. The van der Waals surface area contributed by atoms with Crippen LogP contribution in [-0.4, -0.2) is 26.3 Å². The minimum absolute atomic E-state index is 0.182. The Morgan fingerprint density at radius 2 is 2.07 bits per heavy atom. The number of rotatable bonds is 3. The van der Waals surface area contributed by atoms with E-state index in [-0.39, 0.29) is 11.5 Å². The van der Waals surface area contributed by atoms with Crippen LogP contribution in [0.3, 0.4) is 0 Å². The minimum atomic E-state index is -0.973. The number of benzene rings is 1. The van der Waals surface area contributed by atoms with Crippen molar-refractivity contribution in [3.8, 4) is 11.1 Å². The summed E-state index contributed by atoms with van der Waals surface area (Å²) in [5, 5.41) is 14.7. The molecule has 4 rings (SSSR count). The molecule has 0 spiro atoms. The van der Waals surface area contributed by atoms with E-state index >= 15 is 0 Å². The zero-order valence-electron chi connectivity index (χ0n) is 14.0. The number of carbonyl (C=O) groups excluding carboxylic acids is 1. The fourth-order valence-electron chi connectivity index (χ4n) is 2.84. The molecular weight excluding hydrogens is 400 g/mol. The molecule has 5 nitrogen and oxygen atoms in total. The largest absolute Gasteiger partial charge is 0.478 e. The van der Waals surface area contributed by atoms with Gasteiger partial charge < -0.3 is 10.4 Å². The fraction of sp³-hybridized carbons (Fsp3) is 0.0526. The van der Waals surface area contributed by atoms with E-state index in [1.165, 1.54) is 23.1 Å². The van der Waals surface area contributed by atoms with Gasteiger partial charge in [-0.05, 0) is 53.8 Å². The summed E-state index contributed by atoms with van der Waals surface area (Å²) in [7, 11) is 0. The number of aryl methyl sites for hydroxylation is 1. The van der Waals surface area contributed by atoms with Crippen molar-refractivity contribution in [1.82, 2.24) is 10.3 Å². The highest BCUT2D eigenvalue weighted by Crippen LogP contribution is 2.33. The summed E-state index contributed by atoms with van der Waals surface area (Å²) in [5.41, 5.74) is 3.42. The Kier molecular flexibility index (Phi) is 4.55. The van der Waals surface area contributed by atoms with Crippen molar-refractivity contribution >= 4 is 68.5 Å². The number of pyridine rings is 1. The molecule has 2 N–H and O–H groups in total. The van der Waals surface area contributed by atoms with Crippen molar-refractivity contribution in [3.63, 3.8) is 0 Å². The third-order valence-corrected chi connectivity index (χ3v) is 6.08. The third-order valence-electron chi connectivity index (χ3n) is 4.04. The topological polar surface area (TPSA) is 79.3 Å². The monoisotopic (exact) mass is 412 g/mol. The molecule has 1 saturated heterocycles. The van der Waals surface area contributed by atoms with Crippen molar-refractivity contribution < 1.29 is 14.7 Å². The van der Waals surface area contributed by atoms with Gasteiger partial charge in [-0.1, -0.05) is 30.0 Å². The summed E-state index contributed by atoms with van der Waals surface area (Å²) >= 11 is 7.75. The highest BCUT2D eigenvalue weighted by Gasteiger charge is 2.22. The van der Waals surface area contributed by atoms with Crippen LogP contribution in [0.4, 0.5) is 0 Å². The van der Waals surface area contributed by atoms with Crippen molar-refractivity contribution in [3.05, 3.63) is 56.8 Å². The van der Waals surface area contributed by atoms with Crippen LogP contribution in [0.25, 0.3) is 28.1 Å². The van der Waals surface area contributed by atoms with Gasteiger partial charge in [0.05, 0.1) is 16.0 Å². The Bertz CT molecular complexity index is 1160. The maximum Gasteiger partial charge on any atom is 0.336 e. The van der Waals surface area contributed by atoms with Crippen LogP contribution >= 0.6 is 35.3 Å². The number of thioether (sulfide) groups is 1. The second-order valence-corrected chi connectivity index (χ2v) is 8.60. The van der Waals surface area contributed by atoms with Gasteiger partial charge in [-0.25, -0.2) is 4.79 Å². The fourth-order valence-corrected chi connectivity index (χ4v) is 4.80. The Morgan fingerprint density at radius 3 is 2.78 bits per heavy atom. The van der Waals surface area contributed by atoms with Gasteiger partial charge in [0.25, 0.3) is 5.91 Å². The predicted octanol–water partition coefficient (Wildman–Crippen LogP) is 4.46. The Hall–Kier alpha value is -2.55. The maximum atomic E-state index is 11.8. The van der Waals surface area contributed by atoms with Crippen LogP contribution < -0.4 is 5.32 Å².